The Hall–Kier alpha value is -0.670. The normalized spacial score (nSPS) is 33.4. The van der Waals surface area contributed by atoms with Gasteiger partial charge in [-0.3, -0.25) is 0 Å². The zero-order chi connectivity index (χ0) is 15.6. The molecule has 5 heteroatoms. The molecule has 2 saturated carbocycles. The number of carbonyl (C=O) groups excluding carboxylic acids is 1. The molecule has 116 valence electrons. The van der Waals surface area contributed by atoms with Crippen molar-refractivity contribution in [3.8, 4) is 0 Å². The van der Waals surface area contributed by atoms with Crippen LogP contribution in [0.4, 0.5) is 0 Å². The number of ether oxygens (including phenoxy) is 1. The fourth-order valence-electron chi connectivity index (χ4n) is 4.24. The van der Waals surface area contributed by atoms with E-state index < -0.39 is 0 Å². The van der Waals surface area contributed by atoms with E-state index in [-0.39, 0.29) is 22.9 Å². The van der Waals surface area contributed by atoms with E-state index in [0.717, 1.165) is 12.8 Å². The predicted octanol–water partition coefficient (Wildman–Crippen LogP) is 4.70. The summed E-state index contributed by atoms with van der Waals surface area (Å²) < 4.78 is 7.42. The van der Waals surface area contributed by atoms with Gasteiger partial charge in [-0.15, -0.1) is 0 Å². The van der Waals surface area contributed by atoms with Crippen molar-refractivity contribution in [2.45, 2.75) is 46.1 Å². The van der Waals surface area contributed by atoms with Gasteiger partial charge in [0.2, 0.25) is 0 Å². The highest BCUT2D eigenvalue weighted by molar-refractivity contribution is 6.41. The SMILES string of the molecule is Cn1c(C(=O)OC2CC3CCC2(C)C3(C)C)cc(Cl)c1Cl. The quantitative estimate of drug-likeness (QED) is 0.736. The number of aromatic nitrogens is 1. The lowest BCUT2D eigenvalue weighted by molar-refractivity contribution is -0.0249. The van der Waals surface area contributed by atoms with Crippen LogP contribution in [0.2, 0.25) is 10.2 Å². The van der Waals surface area contributed by atoms with Crippen molar-refractivity contribution in [2.24, 2.45) is 23.8 Å². The number of rotatable bonds is 2. The molecule has 1 heterocycles. The van der Waals surface area contributed by atoms with Crippen LogP contribution in [0.25, 0.3) is 0 Å². The molecule has 0 N–H and O–H groups in total. The van der Waals surface area contributed by atoms with Gasteiger partial charge in [-0.1, -0.05) is 44.0 Å². The maximum atomic E-state index is 12.5. The van der Waals surface area contributed by atoms with Crippen molar-refractivity contribution < 1.29 is 9.53 Å². The smallest absolute Gasteiger partial charge is 0.355 e. The summed E-state index contributed by atoms with van der Waals surface area (Å²) >= 11 is 12.0. The molecule has 1 aromatic rings. The second-order valence-corrected chi connectivity index (χ2v) is 8.00. The molecule has 0 saturated heterocycles. The van der Waals surface area contributed by atoms with Crippen molar-refractivity contribution in [2.75, 3.05) is 0 Å². The van der Waals surface area contributed by atoms with E-state index in [2.05, 4.69) is 20.8 Å². The van der Waals surface area contributed by atoms with Crippen LogP contribution in [-0.2, 0) is 11.8 Å². The molecule has 0 spiro atoms. The highest BCUT2D eigenvalue weighted by Crippen LogP contribution is 2.66. The van der Waals surface area contributed by atoms with Crippen LogP contribution in [0.1, 0.15) is 50.5 Å². The van der Waals surface area contributed by atoms with E-state index in [1.165, 1.54) is 6.42 Å². The molecule has 0 radical (unpaired) electrons. The number of nitrogens with zero attached hydrogens (tertiary/aromatic N) is 1. The third-order valence-corrected chi connectivity index (χ3v) is 7.13. The molecule has 3 atom stereocenters. The average Bonchev–Trinajstić information content (AvgIpc) is 2.87. The fraction of sp³-hybridized carbons (Fsp3) is 0.688. The number of fused-ring (bicyclic) bond motifs is 2. The van der Waals surface area contributed by atoms with Gasteiger partial charge in [0.25, 0.3) is 0 Å². The zero-order valence-electron chi connectivity index (χ0n) is 12.9. The minimum atomic E-state index is -0.333. The van der Waals surface area contributed by atoms with E-state index in [9.17, 15) is 4.79 Å². The Balaban J connectivity index is 1.82. The van der Waals surface area contributed by atoms with Crippen LogP contribution < -0.4 is 0 Å². The molecule has 2 aliphatic rings. The second kappa shape index (κ2) is 4.66. The number of halogens is 2. The van der Waals surface area contributed by atoms with Gasteiger partial charge >= 0.3 is 5.97 Å². The largest absolute Gasteiger partial charge is 0.457 e. The first-order chi connectivity index (χ1) is 9.68. The Labute approximate surface area is 135 Å². The first-order valence-corrected chi connectivity index (χ1v) is 8.16. The van der Waals surface area contributed by atoms with Gasteiger partial charge in [0, 0.05) is 12.5 Å². The lowest BCUT2D eigenvalue weighted by atomic mass is 9.70. The van der Waals surface area contributed by atoms with E-state index in [4.69, 9.17) is 27.9 Å². The van der Waals surface area contributed by atoms with Crippen LogP contribution in [0.5, 0.6) is 0 Å². The van der Waals surface area contributed by atoms with Crippen LogP contribution >= 0.6 is 23.2 Å². The topological polar surface area (TPSA) is 31.2 Å². The van der Waals surface area contributed by atoms with Crippen LogP contribution in [-0.4, -0.2) is 16.6 Å². The van der Waals surface area contributed by atoms with Crippen LogP contribution in [0.3, 0.4) is 0 Å². The molecule has 2 aliphatic carbocycles. The van der Waals surface area contributed by atoms with Gasteiger partial charge < -0.3 is 9.30 Å². The highest BCUT2D eigenvalue weighted by Gasteiger charge is 2.62. The Morgan fingerprint density at radius 3 is 2.48 bits per heavy atom. The summed E-state index contributed by atoms with van der Waals surface area (Å²) in [6.45, 7) is 6.85. The molecule has 1 aromatic heterocycles. The molecule has 0 amide bonds. The molecule has 0 aliphatic heterocycles. The monoisotopic (exact) mass is 329 g/mol. The van der Waals surface area contributed by atoms with Gasteiger partial charge in [-0.25, -0.2) is 4.79 Å². The van der Waals surface area contributed by atoms with Crippen molar-refractivity contribution in [3.63, 3.8) is 0 Å². The zero-order valence-corrected chi connectivity index (χ0v) is 14.4. The van der Waals surface area contributed by atoms with E-state index in [1.54, 1.807) is 17.7 Å². The Morgan fingerprint density at radius 2 is 2.05 bits per heavy atom. The summed E-state index contributed by atoms with van der Waals surface area (Å²) in [5.74, 6) is 0.307. The van der Waals surface area contributed by atoms with E-state index in [1.807, 2.05) is 0 Å². The average molecular weight is 330 g/mol. The summed E-state index contributed by atoms with van der Waals surface area (Å²) in [7, 11) is 1.72. The van der Waals surface area contributed by atoms with Gasteiger partial charge in [-0.2, -0.15) is 0 Å². The lowest BCUT2D eigenvalue weighted by Crippen LogP contribution is -2.38. The van der Waals surface area contributed by atoms with Crippen LogP contribution in [0, 0.1) is 16.7 Å². The molecule has 3 unspecified atom stereocenters. The minimum absolute atomic E-state index is 0.0220. The highest BCUT2D eigenvalue weighted by atomic mass is 35.5. The summed E-state index contributed by atoms with van der Waals surface area (Å²) in [6, 6.07) is 1.58. The van der Waals surface area contributed by atoms with Crippen LogP contribution in [0.15, 0.2) is 6.07 Å². The summed E-state index contributed by atoms with van der Waals surface area (Å²) in [6.07, 6.45) is 3.30. The summed E-state index contributed by atoms with van der Waals surface area (Å²) in [5, 5.41) is 0.744. The number of carbonyl (C=O) groups is 1. The first kappa shape index (κ1) is 15.2. The molecule has 21 heavy (non-hydrogen) atoms. The van der Waals surface area contributed by atoms with Crippen molar-refractivity contribution in [1.29, 1.82) is 0 Å². The standard InChI is InChI=1S/C16H21Cl2NO2/c1-15(2)9-5-6-16(15,3)12(7-9)21-14(20)11-8-10(17)13(18)19(11)4/h8-9,12H,5-7H2,1-4H3. The molecule has 2 fully saturated rings. The maximum Gasteiger partial charge on any atom is 0.355 e. The van der Waals surface area contributed by atoms with E-state index >= 15 is 0 Å². The lowest BCUT2D eigenvalue weighted by Gasteiger charge is -2.38. The van der Waals surface area contributed by atoms with Gasteiger partial charge in [0.15, 0.2) is 0 Å². The fourth-order valence-corrected chi connectivity index (χ4v) is 4.61. The predicted molar refractivity (Wildman–Crippen MR) is 83.9 cm³/mol. The third-order valence-electron chi connectivity index (χ3n) is 6.29. The molecule has 3 rings (SSSR count). The Bertz CT molecular complexity index is 608. The van der Waals surface area contributed by atoms with Crippen molar-refractivity contribution in [3.05, 3.63) is 21.9 Å². The van der Waals surface area contributed by atoms with Crippen molar-refractivity contribution >= 4 is 29.2 Å². The number of esters is 1. The maximum absolute atomic E-state index is 12.5. The molecule has 2 bridgehead atoms. The first-order valence-electron chi connectivity index (χ1n) is 7.40. The van der Waals surface area contributed by atoms with Crippen molar-refractivity contribution in [1.82, 2.24) is 4.57 Å². The van der Waals surface area contributed by atoms with Gasteiger partial charge in [0.1, 0.15) is 17.0 Å². The number of hydrogen-bond donors (Lipinski definition) is 0. The molecular formula is C16H21Cl2NO2. The number of hydrogen-bond acceptors (Lipinski definition) is 2. The summed E-state index contributed by atoms with van der Waals surface area (Å²) in [5.41, 5.74) is 0.697. The minimum Gasteiger partial charge on any atom is -0.457 e. The summed E-state index contributed by atoms with van der Waals surface area (Å²) in [4.78, 5) is 12.5. The van der Waals surface area contributed by atoms with Gasteiger partial charge in [-0.05, 0) is 36.7 Å². The Kier molecular flexibility index (Phi) is 3.38. The third kappa shape index (κ3) is 1.97. The van der Waals surface area contributed by atoms with Gasteiger partial charge in [0.05, 0.1) is 5.02 Å². The molecule has 3 nitrogen and oxygen atoms in total. The Morgan fingerprint density at radius 1 is 1.38 bits per heavy atom. The molecule has 0 aromatic carbocycles. The van der Waals surface area contributed by atoms with E-state index in [0.29, 0.717) is 21.8 Å². The molecular weight excluding hydrogens is 309 g/mol. The second-order valence-electron chi connectivity index (χ2n) is 7.23.